The molecule has 1 saturated heterocycles. The fourth-order valence-electron chi connectivity index (χ4n) is 2.89. The van der Waals surface area contributed by atoms with Gasteiger partial charge in [-0.2, -0.15) is 0 Å². The van der Waals surface area contributed by atoms with E-state index in [2.05, 4.69) is 18.7 Å². The van der Waals surface area contributed by atoms with Gasteiger partial charge in [0, 0.05) is 43.5 Å². The molecule has 0 aromatic heterocycles. The highest BCUT2D eigenvalue weighted by Crippen LogP contribution is 2.20. The molecule has 1 fully saturated rings. The van der Waals surface area contributed by atoms with Crippen molar-refractivity contribution in [1.29, 1.82) is 0 Å². The second kappa shape index (κ2) is 6.48. The van der Waals surface area contributed by atoms with Gasteiger partial charge in [-0.05, 0) is 44.4 Å². The molecule has 2 rings (SSSR count). The third kappa shape index (κ3) is 3.38. The lowest BCUT2D eigenvalue weighted by atomic mass is 10.0. The molecule has 1 aromatic rings. The maximum Gasteiger partial charge on any atom is 0.254 e. The van der Waals surface area contributed by atoms with Crippen molar-refractivity contribution in [3.05, 3.63) is 28.8 Å². The normalized spacial score (nSPS) is 17.8. The Morgan fingerprint density at radius 2 is 1.81 bits per heavy atom. The number of benzene rings is 1. The van der Waals surface area contributed by atoms with Crippen LogP contribution in [0.2, 0.25) is 0 Å². The summed E-state index contributed by atoms with van der Waals surface area (Å²) in [4.78, 5) is 17.1. The van der Waals surface area contributed by atoms with Crippen molar-refractivity contribution in [3.8, 4) is 0 Å². The zero-order chi connectivity index (χ0) is 15.6. The van der Waals surface area contributed by atoms with Crippen LogP contribution in [0.25, 0.3) is 0 Å². The molecule has 21 heavy (non-hydrogen) atoms. The van der Waals surface area contributed by atoms with Crippen LogP contribution in [-0.4, -0.2) is 47.9 Å². The third-order valence-electron chi connectivity index (χ3n) is 4.66. The summed E-state index contributed by atoms with van der Waals surface area (Å²) in [5.41, 5.74) is 9.44. The van der Waals surface area contributed by atoms with Crippen LogP contribution in [0.5, 0.6) is 0 Å². The van der Waals surface area contributed by atoms with Gasteiger partial charge in [0.15, 0.2) is 0 Å². The van der Waals surface area contributed by atoms with Crippen molar-refractivity contribution in [3.63, 3.8) is 0 Å². The Morgan fingerprint density at radius 1 is 1.19 bits per heavy atom. The van der Waals surface area contributed by atoms with E-state index in [1.165, 1.54) is 0 Å². The minimum Gasteiger partial charge on any atom is -0.398 e. The predicted molar refractivity (Wildman–Crippen MR) is 87.6 cm³/mol. The second-order valence-electron chi connectivity index (χ2n) is 6.11. The van der Waals surface area contributed by atoms with Crippen LogP contribution in [0, 0.1) is 13.8 Å². The van der Waals surface area contributed by atoms with Gasteiger partial charge >= 0.3 is 0 Å². The van der Waals surface area contributed by atoms with Gasteiger partial charge in [-0.3, -0.25) is 9.69 Å². The van der Waals surface area contributed by atoms with Gasteiger partial charge in [-0.25, -0.2) is 0 Å². The Morgan fingerprint density at radius 3 is 2.38 bits per heavy atom. The monoisotopic (exact) mass is 289 g/mol. The summed E-state index contributed by atoms with van der Waals surface area (Å²) in [5, 5.41) is 0. The molecule has 0 aliphatic carbocycles. The molecule has 1 atom stereocenters. The summed E-state index contributed by atoms with van der Waals surface area (Å²) in [6, 6.07) is 4.42. The van der Waals surface area contributed by atoms with Crippen molar-refractivity contribution in [2.24, 2.45) is 0 Å². The molecule has 116 valence electrons. The standard InChI is InChI=1S/C17H27N3O/c1-5-14(4)19-6-8-20(9-7-19)17(21)15-11-16(18)13(3)10-12(15)2/h10-11,14H,5-9,18H2,1-4H3. The highest BCUT2D eigenvalue weighted by atomic mass is 16.2. The Hall–Kier alpha value is -1.55. The molecule has 1 unspecified atom stereocenters. The molecule has 1 amide bonds. The molecular formula is C17H27N3O. The first kappa shape index (κ1) is 15.8. The summed E-state index contributed by atoms with van der Waals surface area (Å²) >= 11 is 0. The first-order valence-corrected chi connectivity index (χ1v) is 7.84. The second-order valence-corrected chi connectivity index (χ2v) is 6.11. The summed E-state index contributed by atoms with van der Waals surface area (Å²) in [6.07, 6.45) is 1.15. The van der Waals surface area contributed by atoms with Crippen LogP contribution < -0.4 is 5.73 Å². The summed E-state index contributed by atoms with van der Waals surface area (Å²) in [5.74, 6) is 0.114. The van der Waals surface area contributed by atoms with E-state index in [9.17, 15) is 4.79 Å². The van der Waals surface area contributed by atoms with Gasteiger partial charge < -0.3 is 10.6 Å². The maximum atomic E-state index is 12.7. The molecule has 0 saturated carbocycles. The molecule has 2 N–H and O–H groups in total. The minimum absolute atomic E-state index is 0.114. The van der Waals surface area contributed by atoms with Gasteiger partial charge in [-0.1, -0.05) is 13.0 Å². The number of nitrogens with two attached hydrogens (primary N) is 1. The van der Waals surface area contributed by atoms with E-state index < -0.39 is 0 Å². The molecule has 0 bridgehead atoms. The lowest BCUT2D eigenvalue weighted by Crippen LogP contribution is -2.51. The zero-order valence-electron chi connectivity index (χ0n) is 13.6. The number of nitrogens with zero attached hydrogens (tertiary/aromatic N) is 2. The SMILES string of the molecule is CCC(C)N1CCN(C(=O)c2cc(N)c(C)cc2C)CC1. The van der Waals surface area contributed by atoms with E-state index >= 15 is 0 Å². The number of nitrogen functional groups attached to an aromatic ring is 1. The van der Waals surface area contributed by atoms with Crippen LogP contribution in [0.1, 0.15) is 41.8 Å². The van der Waals surface area contributed by atoms with E-state index in [1.807, 2.05) is 30.9 Å². The Bertz CT molecular complexity index is 519. The van der Waals surface area contributed by atoms with Crippen LogP contribution in [0.3, 0.4) is 0 Å². The fraction of sp³-hybridized carbons (Fsp3) is 0.588. The van der Waals surface area contributed by atoms with Crippen molar-refractivity contribution in [2.75, 3.05) is 31.9 Å². The lowest BCUT2D eigenvalue weighted by molar-refractivity contribution is 0.0579. The van der Waals surface area contributed by atoms with E-state index in [4.69, 9.17) is 5.73 Å². The topological polar surface area (TPSA) is 49.6 Å². The van der Waals surface area contributed by atoms with Crippen LogP contribution >= 0.6 is 0 Å². The van der Waals surface area contributed by atoms with E-state index in [1.54, 1.807) is 0 Å². The first-order chi connectivity index (χ1) is 9.93. The minimum atomic E-state index is 0.114. The van der Waals surface area contributed by atoms with E-state index in [-0.39, 0.29) is 5.91 Å². The number of aryl methyl sites for hydroxylation is 2. The van der Waals surface area contributed by atoms with Crippen molar-refractivity contribution >= 4 is 11.6 Å². The molecule has 4 nitrogen and oxygen atoms in total. The number of amides is 1. The van der Waals surface area contributed by atoms with Gasteiger partial charge in [-0.15, -0.1) is 0 Å². The predicted octanol–water partition coefficient (Wildman–Crippen LogP) is 2.44. The van der Waals surface area contributed by atoms with E-state index in [0.29, 0.717) is 11.7 Å². The first-order valence-electron chi connectivity index (χ1n) is 7.84. The van der Waals surface area contributed by atoms with Crippen LogP contribution in [0.15, 0.2) is 12.1 Å². The number of carbonyl (C=O) groups is 1. The summed E-state index contributed by atoms with van der Waals surface area (Å²) < 4.78 is 0. The number of anilines is 1. The summed E-state index contributed by atoms with van der Waals surface area (Å²) in [6.45, 7) is 11.9. The quantitative estimate of drug-likeness (QED) is 0.870. The van der Waals surface area contributed by atoms with Gasteiger partial charge in [0.25, 0.3) is 5.91 Å². The largest absolute Gasteiger partial charge is 0.398 e. The Kier molecular flexibility index (Phi) is 4.88. The highest BCUT2D eigenvalue weighted by molar-refractivity contribution is 5.96. The fourth-order valence-corrected chi connectivity index (χ4v) is 2.89. The number of carbonyl (C=O) groups excluding carboxylic acids is 1. The number of piperazine rings is 1. The number of hydrogen-bond acceptors (Lipinski definition) is 3. The number of rotatable bonds is 3. The Balaban J connectivity index is 2.07. The van der Waals surface area contributed by atoms with Gasteiger partial charge in [0.05, 0.1) is 0 Å². The Labute approximate surface area is 127 Å². The van der Waals surface area contributed by atoms with Crippen LogP contribution in [-0.2, 0) is 0 Å². The zero-order valence-corrected chi connectivity index (χ0v) is 13.6. The molecular weight excluding hydrogens is 262 g/mol. The number of hydrogen-bond donors (Lipinski definition) is 1. The maximum absolute atomic E-state index is 12.7. The van der Waals surface area contributed by atoms with Crippen molar-refractivity contribution < 1.29 is 4.79 Å². The molecule has 1 heterocycles. The average molecular weight is 289 g/mol. The molecule has 4 heteroatoms. The molecule has 1 aromatic carbocycles. The summed E-state index contributed by atoms with van der Waals surface area (Å²) in [7, 11) is 0. The molecule has 1 aliphatic heterocycles. The lowest BCUT2D eigenvalue weighted by Gasteiger charge is -2.38. The molecule has 0 radical (unpaired) electrons. The van der Waals surface area contributed by atoms with Crippen molar-refractivity contribution in [1.82, 2.24) is 9.80 Å². The van der Waals surface area contributed by atoms with E-state index in [0.717, 1.165) is 49.3 Å². The van der Waals surface area contributed by atoms with Gasteiger partial charge in [0.2, 0.25) is 0 Å². The third-order valence-corrected chi connectivity index (χ3v) is 4.66. The molecule has 1 aliphatic rings. The van der Waals surface area contributed by atoms with Gasteiger partial charge in [0.1, 0.15) is 0 Å². The van der Waals surface area contributed by atoms with Crippen LogP contribution in [0.4, 0.5) is 5.69 Å². The van der Waals surface area contributed by atoms with Crippen molar-refractivity contribution in [2.45, 2.75) is 40.2 Å². The smallest absolute Gasteiger partial charge is 0.254 e. The molecule has 0 spiro atoms. The highest BCUT2D eigenvalue weighted by Gasteiger charge is 2.25. The average Bonchev–Trinajstić information content (AvgIpc) is 2.49.